The number of anilines is 1. The summed E-state index contributed by atoms with van der Waals surface area (Å²) in [6.45, 7) is 0.750. The lowest BCUT2D eigenvalue weighted by Crippen LogP contribution is -2.42. The van der Waals surface area contributed by atoms with E-state index in [1.54, 1.807) is 0 Å². The Kier molecular flexibility index (Phi) is 6.03. The number of benzene rings is 3. The number of fused-ring (bicyclic) bond motifs is 2. The van der Waals surface area contributed by atoms with E-state index in [4.69, 9.17) is 20.3 Å². The molecule has 2 N–H and O–H groups in total. The number of likely N-dealkylation sites (tertiary alicyclic amines) is 1. The van der Waals surface area contributed by atoms with Crippen molar-refractivity contribution >= 4 is 22.9 Å². The van der Waals surface area contributed by atoms with Crippen LogP contribution in [0.15, 0.2) is 91.3 Å². The van der Waals surface area contributed by atoms with Gasteiger partial charge in [-0.05, 0) is 60.7 Å². The fourth-order valence-electron chi connectivity index (χ4n) is 5.60. The molecule has 1 saturated carbocycles. The summed E-state index contributed by atoms with van der Waals surface area (Å²) in [6.07, 6.45) is 3.06. The van der Waals surface area contributed by atoms with E-state index >= 15 is 0 Å². The van der Waals surface area contributed by atoms with Crippen LogP contribution in [0.5, 0.6) is 11.5 Å². The predicted octanol–water partition coefficient (Wildman–Crippen LogP) is 5.84. The highest BCUT2D eigenvalue weighted by Gasteiger charge is 2.50. The predicted molar refractivity (Wildman–Crippen MR) is 151 cm³/mol. The monoisotopic (exact) mass is 532 g/mol. The average molecular weight is 533 g/mol. The molecular formula is C31H28N6O3. The number of para-hydroxylation sites is 1. The van der Waals surface area contributed by atoms with E-state index in [9.17, 15) is 4.79 Å². The first-order chi connectivity index (χ1) is 19.6. The highest BCUT2D eigenvalue weighted by atomic mass is 16.6. The Labute approximate surface area is 231 Å². The topological polar surface area (TPSA) is 108 Å². The van der Waals surface area contributed by atoms with Crippen molar-refractivity contribution in [1.82, 2.24) is 24.6 Å². The first kappa shape index (κ1) is 24.1. The van der Waals surface area contributed by atoms with Gasteiger partial charge in [0.25, 0.3) is 0 Å². The van der Waals surface area contributed by atoms with Gasteiger partial charge in [0, 0.05) is 18.2 Å². The molecule has 1 saturated heterocycles. The molecule has 7 rings (SSSR count). The molecular weight excluding hydrogens is 504 g/mol. The van der Waals surface area contributed by atoms with E-state index in [2.05, 4.69) is 9.97 Å². The first-order valence-corrected chi connectivity index (χ1v) is 13.4. The van der Waals surface area contributed by atoms with E-state index in [-0.39, 0.29) is 24.8 Å². The van der Waals surface area contributed by atoms with Crippen molar-refractivity contribution in [1.29, 1.82) is 0 Å². The molecule has 9 nitrogen and oxygen atoms in total. The number of amides is 1. The molecule has 0 spiro atoms. The summed E-state index contributed by atoms with van der Waals surface area (Å²) >= 11 is 0. The van der Waals surface area contributed by atoms with Gasteiger partial charge in [0.1, 0.15) is 35.9 Å². The standard InChI is InChI=1S/C31H28N6O3/c32-29-27-28(21-11-13-25(14-12-21)40-24-9-5-2-6-10-24)35-37(30(27)34-19-33-29)23-15-22-16-26(22)36(17-23)31(38)39-18-20-7-3-1-4-8-20/h1-14,19,22-23,26H,15-18H2,(H2,32,33,34). The second-order valence-corrected chi connectivity index (χ2v) is 10.3. The molecule has 3 atom stereocenters. The second-order valence-electron chi connectivity index (χ2n) is 10.3. The molecule has 1 aliphatic carbocycles. The van der Waals surface area contributed by atoms with E-state index in [0.29, 0.717) is 35.0 Å². The Morgan fingerprint density at radius 3 is 2.40 bits per heavy atom. The van der Waals surface area contributed by atoms with Crippen LogP contribution in [0.3, 0.4) is 0 Å². The van der Waals surface area contributed by atoms with Gasteiger partial charge in [-0.3, -0.25) is 0 Å². The summed E-state index contributed by atoms with van der Waals surface area (Å²) in [6, 6.07) is 27.3. The number of carbonyl (C=O) groups excluding carboxylic acids is 1. The average Bonchev–Trinajstić information content (AvgIpc) is 3.68. The molecule has 0 radical (unpaired) electrons. The summed E-state index contributed by atoms with van der Waals surface area (Å²) in [7, 11) is 0. The fourth-order valence-corrected chi connectivity index (χ4v) is 5.60. The number of carbonyl (C=O) groups is 1. The molecule has 2 aliphatic rings. The minimum atomic E-state index is -0.291. The molecule has 9 heteroatoms. The van der Waals surface area contributed by atoms with Gasteiger partial charge in [-0.25, -0.2) is 19.4 Å². The summed E-state index contributed by atoms with van der Waals surface area (Å²) in [5.41, 5.74) is 9.57. The van der Waals surface area contributed by atoms with Crippen LogP contribution >= 0.6 is 0 Å². The molecule has 2 aromatic heterocycles. The van der Waals surface area contributed by atoms with Crippen LogP contribution < -0.4 is 10.5 Å². The number of piperidine rings is 1. The van der Waals surface area contributed by atoms with Crippen LogP contribution in [-0.2, 0) is 11.3 Å². The van der Waals surface area contributed by atoms with Gasteiger partial charge in [0.05, 0.1) is 11.4 Å². The van der Waals surface area contributed by atoms with Gasteiger partial charge in [0.15, 0.2) is 5.65 Å². The summed E-state index contributed by atoms with van der Waals surface area (Å²) in [4.78, 5) is 23.8. The number of nitrogens with zero attached hydrogens (tertiary/aromatic N) is 5. The van der Waals surface area contributed by atoms with Gasteiger partial charge in [-0.15, -0.1) is 0 Å². The Balaban J connectivity index is 1.15. The Hall–Kier alpha value is -4.92. The largest absolute Gasteiger partial charge is 0.457 e. The lowest BCUT2D eigenvalue weighted by molar-refractivity contribution is 0.0757. The van der Waals surface area contributed by atoms with Gasteiger partial charge >= 0.3 is 6.09 Å². The van der Waals surface area contributed by atoms with Crippen molar-refractivity contribution in [3.8, 4) is 22.8 Å². The zero-order valence-corrected chi connectivity index (χ0v) is 21.8. The molecule has 1 aliphatic heterocycles. The molecule has 5 aromatic rings. The van der Waals surface area contributed by atoms with E-state index in [1.165, 1.54) is 6.33 Å². The van der Waals surface area contributed by atoms with Crippen molar-refractivity contribution in [2.75, 3.05) is 12.3 Å². The van der Waals surface area contributed by atoms with Crippen molar-refractivity contribution in [2.45, 2.75) is 31.5 Å². The van der Waals surface area contributed by atoms with Crippen LogP contribution in [0.4, 0.5) is 10.6 Å². The maximum atomic E-state index is 13.1. The minimum absolute atomic E-state index is 0.0562. The number of hydrogen-bond donors (Lipinski definition) is 1. The van der Waals surface area contributed by atoms with Crippen LogP contribution in [0.25, 0.3) is 22.3 Å². The summed E-state index contributed by atoms with van der Waals surface area (Å²) in [5, 5.41) is 5.72. The Morgan fingerprint density at radius 2 is 1.62 bits per heavy atom. The van der Waals surface area contributed by atoms with E-state index < -0.39 is 0 Å². The summed E-state index contributed by atoms with van der Waals surface area (Å²) in [5.74, 6) is 2.28. The fraction of sp³-hybridized carbons (Fsp3) is 0.226. The molecule has 3 unspecified atom stereocenters. The van der Waals surface area contributed by atoms with Gasteiger partial charge in [0.2, 0.25) is 0 Å². The highest BCUT2D eigenvalue weighted by Crippen LogP contribution is 2.47. The normalized spacial score (nSPS) is 19.7. The van der Waals surface area contributed by atoms with E-state index in [1.807, 2.05) is 94.5 Å². The van der Waals surface area contributed by atoms with Gasteiger partial charge < -0.3 is 20.1 Å². The molecule has 0 bridgehead atoms. The van der Waals surface area contributed by atoms with Crippen LogP contribution in [0.2, 0.25) is 0 Å². The number of rotatable bonds is 6. The first-order valence-electron chi connectivity index (χ1n) is 13.4. The number of nitrogen functional groups attached to an aromatic ring is 1. The molecule has 2 fully saturated rings. The lowest BCUT2D eigenvalue weighted by Gasteiger charge is -2.32. The van der Waals surface area contributed by atoms with Crippen LogP contribution in [0, 0.1) is 5.92 Å². The Morgan fingerprint density at radius 1 is 0.900 bits per heavy atom. The zero-order valence-electron chi connectivity index (χ0n) is 21.8. The smallest absolute Gasteiger partial charge is 0.410 e. The third kappa shape index (κ3) is 4.59. The van der Waals surface area contributed by atoms with Crippen molar-refractivity contribution < 1.29 is 14.3 Å². The third-order valence-electron chi connectivity index (χ3n) is 7.68. The molecule has 200 valence electrons. The SMILES string of the molecule is Nc1ncnc2c1c(-c1ccc(Oc3ccccc3)cc1)nn2C1CC2CC2N(C(=O)OCc2ccccc2)C1. The van der Waals surface area contributed by atoms with Gasteiger partial charge in [-0.2, -0.15) is 5.10 Å². The van der Waals surface area contributed by atoms with Gasteiger partial charge in [-0.1, -0.05) is 48.5 Å². The quantitative estimate of drug-likeness (QED) is 0.293. The number of nitrogens with two attached hydrogens (primary N) is 1. The van der Waals surface area contributed by atoms with Crippen molar-refractivity contribution in [2.24, 2.45) is 5.92 Å². The molecule has 40 heavy (non-hydrogen) atoms. The minimum Gasteiger partial charge on any atom is -0.457 e. The number of ether oxygens (including phenoxy) is 2. The third-order valence-corrected chi connectivity index (χ3v) is 7.68. The van der Waals surface area contributed by atoms with Crippen LogP contribution in [0.1, 0.15) is 24.4 Å². The molecule has 3 aromatic carbocycles. The number of hydrogen-bond acceptors (Lipinski definition) is 7. The second kappa shape index (κ2) is 10.00. The van der Waals surface area contributed by atoms with Crippen molar-refractivity contribution in [3.05, 3.63) is 96.8 Å². The highest BCUT2D eigenvalue weighted by molar-refractivity contribution is 5.98. The number of aromatic nitrogens is 4. The zero-order chi connectivity index (χ0) is 27.1. The Bertz CT molecular complexity index is 1660. The van der Waals surface area contributed by atoms with E-state index in [0.717, 1.165) is 35.5 Å². The lowest BCUT2D eigenvalue weighted by atomic mass is 10.1. The van der Waals surface area contributed by atoms with Crippen molar-refractivity contribution in [3.63, 3.8) is 0 Å². The van der Waals surface area contributed by atoms with Crippen LogP contribution in [-0.4, -0.2) is 43.3 Å². The maximum Gasteiger partial charge on any atom is 0.410 e. The maximum absolute atomic E-state index is 13.1. The summed E-state index contributed by atoms with van der Waals surface area (Å²) < 4.78 is 13.6. The molecule has 3 heterocycles. The molecule has 1 amide bonds.